The molecule has 2 aromatic rings. The molecule has 1 N–H and O–H groups in total. The van der Waals surface area contributed by atoms with Crippen LogP contribution in [0.3, 0.4) is 0 Å². The van der Waals surface area contributed by atoms with Crippen LogP contribution < -0.4 is 5.32 Å². The van der Waals surface area contributed by atoms with Crippen LogP contribution in [0.1, 0.15) is 25.3 Å². The quantitative estimate of drug-likeness (QED) is 0.754. The molecular weight excluding hydrogens is 356 g/mol. The van der Waals surface area contributed by atoms with E-state index in [1.54, 1.807) is 16.7 Å². The summed E-state index contributed by atoms with van der Waals surface area (Å²) in [5.74, 6) is -0.158. The van der Waals surface area contributed by atoms with Gasteiger partial charge in [-0.1, -0.05) is 42.5 Å². The Morgan fingerprint density at radius 3 is 2.44 bits per heavy atom. The minimum Gasteiger partial charge on any atom is -0.328 e. The van der Waals surface area contributed by atoms with Gasteiger partial charge < -0.3 is 10.2 Å². The first-order valence-electron chi connectivity index (χ1n) is 9.00. The molecule has 2 aromatic carbocycles. The van der Waals surface area contributed by atoms with Crippen LogP contribution in [0.15, 0.2) is 65.6 Å². The fraction of sp³-hybridized carbons (Fsp3) is 0.273. The summed E-state index contributed by atoms with van der Waals surface area (Å²) in [6.07, 6.45) is 6.77. The lowest BCUT2D eigenvalue weighted by molar-refractivity contribution is -0.154. The van der Waals surface area contributed by atoms with Gasteiger partial charge in [-0.3, -0.25) is 9.59 Å². The average molecular weight is 381 g/mol. The van der Waals surface area contributed by atoms with E-state index in [0.29, 0.717) is 19.4 Å². The monoisotopic (exact) mass is 380 g/mol. The van der Waals surface area contributed by atoms with E-state index in [1.807, 2.05) is 79.9 Å². The van der Waals surface area contributed by atoms with Crippen molar-refractivity contribution >= 4 is 35.3 Å². The van der Waals surface area contributed by atoms with Gasteiger partial charge >= 0.3 is 0 Å². The minimum absolute atomic E-state index is 0.0242. The number of amides is 2. The van der Waals surface area contributed by atoms with Gasteiger partial charge in [-0.2, -0.15) is 0 Å². The molecule has 3 rings (SSSR count). The first kappa shape index (κ1) is 19.2. The molecule has 1 saturated heterocycles. The number of benzene rings is 2. The summed E-state index contributed by atoms with van der Waals surface area (Å²) in [4.78, 5) is 28.1. The van der Waals surface area contributed by atoms with E-state index in [0.717, 1.165) is 16.1 Å². The number of nitrogens with one attached hydrogen (secondary N) is 1. The van der Waals surface area contributed by atoms with Crippen molar-refractivity contribution in [3.05, 3.63) is 66.2 Å². The predicted molar refractivity (Wildman–Crippen MR) is 112 cm³/mol. The van der Waals surface area contributed by atoms with E-state index in [2.05, 4.69) is 5.32 Å². The van der Waals surface area contributed by atoms with E-state index in [1.165, 1.54) is 0 Å². The molecule has 0 bridgehead atoms. The summed E-state index contributed by atoms with van der Waals surface area (Å²) in [6.45, 7) is 2.45. The number of carbonyl (C=O) groups excluding carboxylic acids is 2. The Balaban J connectivity index is 1.59. The van der Waals surface area contributed by atoms with E-state index >= 15 is 0 Å². The maximum atomic E-state index is 12.8. The zero-order valence-corrected chi connectivity index (χ0v) is 16.5. The van der Waals surface area contributed by atoms with Crippen molar-refractivity contribution < 1.29 is 9.59 Å². The maximum absolute atomic E-state index is 12.8. The molecule has 4 nitrogen and oxygen atoms in total. The van der Waals surface area contributed by atoms with Crippen molar-refractivity contribution in [2.75, 3.05) is 18.1 Å². The Kier molecular flexibility index (Phi) is 6.01. The summed E-state index contributed by atoms with van der Waals surface area (Å²) in [6, 6.07) is 17.6. The highest BCUT2D eigenvalue weighted by Crippen LogP contribution is 2.32. The van der Waals surface area contributed by atoms with Crippen molar-refractivity contribution in [1.82, 2.24) is 4.90 Å². The van der Waals surface area contributed by atoms with Gasteiger partial charge in [0.05, 0.1) is 0 Å². The third-order valence-electron chi connectivity index (χ3n) is 4.96. The molecule has 0 aliphatic carbocycles. The molecule has 0 spiro atoms. The van der Waals surface area contributed by atoms with Crippen LogP contribution in [0.5, 0.6) is 0 Å². The molecule has 1 atom stereocenters. The lowest BCUT2D eigenvalue weighted by Crippen LogP contribution is -2.66. The Morgan fingerprint density at radius 2 is 1.85 bits per heavy atom. The number of anilines is 1. The van der Waals surface area contributed by atoms with Crippen LogP contribution in [0.25, 0.3) is 6.08 Å². The van der Waals surface area contributed by atoms with Gasteiger partial charge in [0.2, 0.25) is 11.8 Å². The van der Waals surface area contributed by atoms with E-state index in [4.69, 9.17) is 0 Å². The summed E-state index contributed by atoms with van der Waals surface area (Å²) in [5.41, 5.74) is 1.03. The summed E-state index contributed by atoms with van der Waals surface area (Å²) in [7, 11) is 0. The second kappa shape index (κ2) is 8.44. The highest BCUT2D eigenvalue weighted by Gasteiger charge is 2.48. The fourth-order valence-corrected chi connectivity index (χ4v) is 3.51. The summed E-state index contributed by atoms with van der Waals surface area (Å²) in [5, 5.41) is 2.94. The van der Waals surface area contributed by atoms with E-state index in [-0.39, 0.29) is 11.8 Å². The zero-order valence-electron chi connectivity index (χ0n) is 15.6. The zero-order chi connectivity index (χ0) is 19.3. The Morgan fingerprint density at radius 1 is 1.15 bits per heavy atom. The topological polar surface area (TPSA) is 49.4 Å². The highest BCUT2D eigenvalue weighted by molar-refractivity contribution is 7.98. The van der Waals surface area contributed by atoms with Crippen molar-refractivity contribution in [2.45, 2.75) is 30.2 Å². The first-order chi connectivity index (χ1) is 13.0. The van der Waals surface area contributed by atoms with Crippen molar-refractivity contribution in [1.29, 1.82) is 0 Å². The largest absolute Gasteiger partial charge is 0.328 e. The molecule has 5 heteroatoms. The molecule has 1 aliphatic heterocycles. The molecule has 0 aromatic heterocycles. The second-order valence-electron chi connectivity index (χ2n) is 6.77. The van der Waals surface area contributed by atoms with Crippen molar-refractivity contribution in [3.63, 3.8) is 0 Å². The molecule has 27 heavy (non-hydrogen) atoms. The van der Waals surface area contributed by atoms with Gasteiger partial charge in [0.15, 0.2) is 0 Å². The number of hydrogen-bond acceptors (Lipinski definition) is 3. The SMILES string of the molecule is CSc1ccc(NC(=O)C2(C)CCN2C(=O)C/C=C/c2ccccc2)cc1. The van der Waals surface area contributed by atoms with Gasteiger partial charge in [-0.15, -0.1) is 11.8 Å². The van der Waals surface area contributed by atoms with E-state index < -0.39 is 5.54 Å². The molecule has 1 heterocycles. The van der Waals surface area contributed by atoms with Crippen LogP contribution in [0.4, 0.5) is 5.69 Å². The number of rotatable bonds is 6. The summed E-state index contributed by atoms with van der Waals surface area (Å²) >= 11 is 1.66. The third-order valence-corrected chi connectivity index (χ3v) is 5.70. The van der Waals surface area contributed by atoms with Crippen molar-refractivity contribution in [3.8, 4) is 0 Å². The number of hydrogen-bond donors (Lipinski definition) is 1. The molecular formula is C22H24N2O2S. The normalized spacial score (nSPS) is 19.0. The van der Waals surface area contributed by atoms with Gasteiger partial charge in [-0.25, -0.2) is 0 Å². The van der Waals surface area contributed by atoms with Gasteiger partial charge in [0.25, 0.3) is 0 Å². The lowest BCUT2D eigenvalue weighted by Gasteiger charge is -2.49. The molecule has 2 amide bonds. The number of nitrogens with zero attached hydrogens (tertiary/aromatic N) is 1. The highest BCUT2D eigenvalue weighted by atomic mass is 32.2. The molecule has 1 unspecified atom stereocenters. The Hall–Kier alpha value is -2.53. The Bertz CT molecular complexity index is 833. The lowest BCUT2D eigenvalue weighted by atomic mass is 9.85. The van der Waals surface area contributed by atoms with Crippen LogP contribution in [0.2, 0.25) is 0 Å². The smallest absolute Gasteiger partial charge is 0.250 e. The van der Waals surface area contributed by atoms with Crippen LogP contribution in [-0.2, 0) is 9.59 Å². The molecule has 1 aliphatic rings. The molecule has 140 valence electrons. The van der Waals surface area contributed by atoms with Gasteiger partial charge in [-0.05, 0) is 49.4 Å². The third kappa shape index (κ3) is 4.42. The number of likely N-dealkylation sites (tertiary alicyclic amines) is 1. The van der Waals surface area contributed by atoms with Crippen LogP contribution >= 0.6 is 11.8 Å². The molecule has 1 fully saturated rings. The van der Waals surface area contributed by atoms with Crippen molar-refractivity contribution in [2.24, 2.45) is 0 Å². The van der Waals surface area contributed by atoms with Gasteiger partial charge in [0.1, 0.15) is 5.54 Å². The molecule has 0 radical (unpaired) electrons. The second-order valence-corrected chi connectivity index (χ2v) is 7.65. The number of thioether (sulfide) groups is 1. The standard InChI is InChI=1S/C22H24N2O2S/c1-22(21(26)23-18-11-13-19(27-2)14-12-18)15-16-24(22)20(25)10-6-9-17-7-4-3-5-8-17/h3-9,11-14H,10,15-16H2,1-2H3,(H,23,26)/b9-6+. The first-order valence-corrected chi connectivity index (χ1v) is 10.2. The Labute approximate surface area is 164 Å². The fourth-order valence-electron chi connectivity index (χ4n) is 3.11. The summed E-state index contributed by atoms with van der Waals surface area (Å²) < 4.78 is 0. The predicted octanol–water partition coefficient (Wildman–Crippen LogP) is 4.44. The van der Waals surface area contributed by atoms with Crippen LogP contribution in [-0.4, -0.2) is 35.1 Å². The van der Waals surface area contributed by atoms with E-state index in [9.17, 15) is 9.59 Å². The van der Waals surface area contributed by atoms with Crippen LogP contribution in [0, 0.1) is 0 Å². The van der Waals surface area contributed by atoms with Gasteiger partial charge in [0, 0.05) is 23.5 Å². The minimum atomic E-state index is -0.782. The molecule has 0 saturated carbocycles. The maximum Gasteiger partial charge on any atom is 0.250 e. The average Bonchev–Trinajstić information content (AvgIpc) is 2.68. The number of carbonyl (C=O) groups is 2.